The first-order chi connectivity index (χ1) is 13.3. The van der Waals surface area contributed by atoms with Crippen molar-refractivity contribution in [3.8, 4) is 11.5 Å². The number of ether oxygens (including phenoxy) is 2. The van der Waals surface area contributed by atoms with E-state index in [0.29, 0.717) is 22.7 Å². The molecule has 0 aromatic heterocycles. The van der Waals surface area contributed by atoms with Crippen molar-refractivity contribution in [2.45, 2.75) is 19.9 Å². The number of carbonyl (C=O) groups excluding carboxylic acids is 2. The SMILES string of the molecule is COc1cc(C(=O)Nc2ccc(C(=O)O)cc2)ccc1OCC(=O)NC(C)C. The van der Waals surface area contributed by atoms with E-state index < -0.39 is 11.9 Å². The van der Waals surface area contributed by atoms with Crippen molar-refractivity contribution in [1.82, 2.24) is 5.32 Å². The van der Waals surface area contributed by atoms with E-state index in [4.69, 9.17) is 14.6 Å². The summed E-state index contributed by atoms with van der Waals surface area (Å²) in [6.07, 6.45) is 0. The summed E-state index contributed by atoms with van der Waals surface area (Å²) in [6.45, 7) is 3.53. The van der Waals surface area contributed by atoms with Crippen LogP contribution in [0, 0.1) is 0 Å². The Morgan fingerprint density at radius 3 is 2.21 bits per heavy atom. The zero-order chi connectivity index (χ0) is 20.7. The third-order valence-electron chi connectivity index (χ3n) is 3.62. The molecule has 0 unspecified atom stereocenters. The van der Waals surface area contributed by atoms with Gasteiger partial charge in [-0.05, 0) is 56.3 Å². The van der Waals surface area contributed by atoms with Crippen LogP contribution in [0.1, 0.15) is 34.6 Å². The van der Waals surface area contributed by atoms with E-state index >= 15 is 0 Å². The molecule has 0 radical (unpaired) electrons. The van der Waals surface area contributed by atoms with Gasteiger partial charge in [0, 0.05) is 17.3 Å². The quantitative estimate of drug-likeness (QED) is 0.642. The molecule has 8 nitrogen and oxygen atoms in total. The molecule has 0 fully saturated rings. The molecule has 2 aromatic rings. The number of carbonyl (C=O) groups is 3. The van der Waals surface area contributed by atoms with Crippen molar-refractivity contribution in [1.29, 1.82) is 0 Å². The fourth-order valence-electron chi connectivity index (χ4n) is 2.33. The van der Waals surface area contributed by atoms with E-state index in [1.807, 2.05) is 13.8 Å². The molecular formula is C20H22N2O6. The van der Waals surface area contributed by atoms with Crippen LogP contribution in [0.5, 0.6) is 11.5 Å². The fraction of sp³-hybridized carbons (Fsp3) is 0.250. The maximum absolute atomic E-state index is 12.4. The Kier molecular flexibility index (Phi) is 6.97. The molecule has 0 bridgehead atoms. The normalized spacial score (nSPS) is 10.3. The molecule has 8 heteroatoms. The number of nitrogens with one attached hydrogen (secondary N) is 2. The van der Waals surface area contributed by atoms with Gasteiger partial charge in [-0.3, -0.25) is 9.59 Å². The van der Waals surface area contributed by atoms with E-state index in [9.17, 15) is 14.4 Å². The van der Waals surface area contributed by atoms with E-state index in [1.54, 1.807) is 12.1 Å². The Labute approximate surface area is 162 Å². The van der Waals surface area contributed by atoms with Crippen LogP contribution in [0.2, 0.25) is 0 Å². The van der Waals surface area contributed by atoms with Crippen molar-refractivity contribution in [2.24, 2.45) is 0 Å². The smallest absolute Gasteiger partial charge is 0.335 e. The first kappa shape index (κ1) is 20.8. The molecule has 2 aromatic carbocycles. The molecule has 0 aliphatic carbocycles. The van der Waals surface area contributed by atoms with Crippen LogP contribution < -0.4 is 20.1 Å². The number of hydrogen-bond donors (Lipinski definition) is 3. The summed E-state index contributed by atoms with van der Waals surface area (Å²) in [5.74, 6) is -1.05. The minimum atomic E-state index is -1.04. The highest BCUT2D eigenvalue weighted by atomic mass is 16.5. The second-order valence-corrected chi connectivity index (χ2v) is 6.21. The van der Waals surface area contributed by atoms with Gasteiger partial charge in [0.2, 0.25) is 0 Å². The van der Waals surface area contributed by atoms with Gasteiger partial charge in [-0.2, -0.15) is 0 Å². The van der Waals surface area contributed by atoms with Crippen molar-refractivity contribution in [2.75, 3.05) is 19.0 Å². The van der Waals surface area contributed by atoms with Crippen molar-refractivity contribution in [3.63, 3.8) is 0 Å². The lowest BCUT2D eigenvalue weighted by Crippen LogP contribution is -2.34. The van der Waals surface area contributed by atoms with Gasteiger partial charge in [0.05, 0.1) is 12.7 Å². The molecule has 0 aliphatic rings. The topological polar surface area (TPSA) is 114 Å². The number of anilines is 1. The molecule has 0 saturated heterocycles. The number of methoxy groups -OCH3 is 1. The van der Waals surface area contributed by atoms with Crippen molar-refractivity contribution >= 4 is 23.5 Å². The third-order valence-corrected chi connectivity index (χ3v) is 3.62. The predicted octanol–water partition coefficient (Wildman–Crippen LogP) is 2.55. The van der Waals surface area contributed by atoms with E-state index in [1.165, 1.54) is 37.4 Å². The molecule has 0 heterocycles. The summed E-state index contributed by atoms with van der Waals surface area (Å²) in [6, 6.07) is 10.4. The number of hydrogen-bond acceptors (Lipinski definition) is 5. The molecule has 2 amide bonds. The Morgan fingerprint density at radius 1 is 1.00 bits per heavy atom. The average molecular weight is 386 g/mol. The maximum atomic E-state index is 12.4. The summed E-state index contributed by atoms with van der Waals surface area (Å²) in [5.41, 5.74) is 0.903. The lowest BCUT2D eigenvalue weighted by Gasteiger charge is -2.13. The number of carboxylic acid groups (broad SMARTS) is 1. The Bertz CT molecular complexity index is 861. The van der Waals surface area contributed by atoms with Crippen LogP contribution in [0.25, 0.3) is 0 Å². The minimum Gasteiger partial charge on any atom is -0.493 e. The lowest BCUT2D eigenvalue weighted by atomic mass is 10.1. The molecular weight excluding hydrogens is 364 g/mol. The van der Waals surface area contributed by atoms with Gasteiger partial charge >= 0.3 is 5.97 Å². The summed E-state index contributed by atoms with van der Waals surface area (Å²) < 4.78 is 10.7. The zero-order valence-corrected chi connectivity index (χ0v) is 15.8. The number of benzene rings is 2. The summed E-state index contributed by atoms with van der Waals surface area (Å²) in [7, 11) is 1.43. The molecule has 0 saturated carbocycles. The maximum Gasteiger partial charge on any atom is 0.335 e. The summed E-state index contributed by atoms with van der Waals surface area (Å²) in [4.78, 5) is 35.0. The van der Waals surface area contributed by atoms with Crippen LogP contribution in [0.15, 0.2) is 42.5 Å². The zero-order valence-electron chi connectivity index (χ0n) is 15.8. The van der Waals surface area contributed by atoms with Crippen LogP contribution in [0.4, 0.5) is 5.69 Å². The minimum absolute atomic E-state index is 0.00799. The summed E-state index contributed by atoms with van der Waals surface area (Å²) in [5, 5.41) is 14.3. The predicted molar refractivity (Wildman–Crippen MR) is 103 cm³/mol. The van der Waals surface area contributed by atoms with Crippen molar-refractivity contribution in [3.05, 3.63) is 53.6 Å². The number of carboxylic acids is 1. The van der Waals surface area contributed by atoms with Gasteiger partial charge in [-0.25, -0.2) is 4.79 Å². The van der Waals surface area contributed by atoms with Crippen LogP contribution in [-0.2, 0) is 4.79 Å². The second-order valence-electron chi connectivity index (χ2n) is 6.21. The lowest BCUT2D eigenvalue weighted by molar-refractivity contribution is -0.123. The van der Waals surface area contributed by atoms with Crippen LogP contribution in [-0.4, -0.2) is 42.6 Å². The third kappa shape index (κ3) is 5.73. The highest BCUT2D eigenvalue weighted by molar-refractivity contribution is 6.04. The summed E-state index contributed by atoms with van der Waals surface area (Å²) >= 11 is 0. The molecule has 0 atom stereocenters. The van der Waals surface area contributed by atoms with Crippen molar-refractivity contribution < 1.29 is 29.0 Å². The van der Waals surface area contributed by atoms with Gasteiger partial charge in [0.25, 0.3) is 11.8 Å². The van der Waals surface area contributed by atoms with Gasteiger partial charge in [0.15, 0.2) is 18.1 Å². The van der Waals surface area contributed by atoms with Gasteiger partial charge < -0.3 is 25.2 Å². The molecule has 28 heavy (non-hydrogen) atoms. The van der Waals surface area contributed by atoms with Crippen LogP contribution >= 0.6 is 0 Å². The monoisotopic (exact) mass is 386 g/mol. The number of rotatable bonds is 8. The Hall–Kier alpha value is -3.55. The Balaban J connectivity index is 2.06. The van der Waals surface area contributed by atoms with Gasteiger partial charge in [-0.15, -0.1) is 0 Å². The number of amides is 2. The van der Waals surface area contributed by atoms with Crippen LogP contribution in [0.3, 0.4) is 0 Å². The largest absolute Gasteiger partial charge is 0.493 e. The van der Waals surface area contributed by atoms with Gasteiger partial charge in [0.1, 0.15) is 0 Å². The van der Waals surface area contributed by atoms with E-state index in [0.717, 1.165) is 0 Å². The molecule has 0 spiro atoms. The standard InChI is InChI=1S/C20H22N2O6/c1-12(2)21-18(23)11-28-16-9-6-14(10-17(16)27-3)19(24)22-15-7-4-13(5-8-15)20(25)26/h4-10,12H,11H2,1-3H3,(H,21,23)(H,22,24)(H,25,26). The van der Waals surface area contributed by atoms with Gasteiger partial charge in [-0.1, -0.05) is 0 Å². The second kappa shape index (κ2) is 9.40. The van der Waals surface area contributed by atoms with E-state index in [-0.39, 0.29) is 24.1 Å². The highest BCUT2D eigenvalue weighted by Gasteiger charge is 2.13. The first-order valence-electron chi connectivity index (χ1n) is 8.55. The fourth-order valence-corrected chi connectivity index (χ4v) is 2.33. The van der Waals surface area contributed by atoms with E-state index in [2.05, 4.69) is 10.6 Å². The average Bonchev–Trinajstić information content (AvgIpc) is 2.66. The molecule has 3 N–H and O–H groups in total. The molecule has 148 valence electrons. The molecule has 0 aliphatic heterocycles. The highest BCUT2D eigenvalue weighted by Crippen LogP contribution is 2.28. The number of aromatic carboxylic acids is 1. The Morgan fingerprint density at radius 2 is 1.64 bits per heavy atom. The first-order valence-corrected chi connectivity index (χ1v) is 8.55. The molecule has 2 rings (SSSR count).